The lowest BCUT2D eigenvalue weighted by Crippen LogP contribution is -2.45. The standard InChI is InChI=1S/C23H32N4O2/c1-15(2)29-23-18(22(28-3)26-21(27-23)17-11-12-17)14-25-19-10-7-13-24-20(19)16-8-5-4-6-9-16/h4-6,8-9,15,17,19-20,24-25H,7,10-14H2,1-3H3/t19-,20-/m1/s1. The van der Waals surface area contributed by atoms with Crippen LogP contribution in [0.3, 0.4) is 0 Å². The van der Waals surface area contributed by atoms with Crippen molar-refractivity contribution in [3.05, 3.63) is 47.3 Å². The number of piperidine rings is 1. The number of hydrogen-bond acceptors (Lipinski definition) is 6. The molecule has 2 heterocycles. The van der Waals surface area contributed by atoms with E-state index in [1.807, 2.05) is 13.8 Å². The Hall–Kier alpha value is -2.18. The summed E-state index contributed by atoms with van der Waals surface area (Å²) in [4.78, 5) is 9.45. The Bertz CT molecular complexity index is 808. The van der Waals surface area contributed by atoms with E-state index in [0.29, 0.717) is 30.3 Å². The molecule has 0 bridgehead atoms. The van der Waals surface area contributed by atoms with Crippen LogP contribution in [-0.4, -0.2) is 35.8 Å². The molecule has 156 valence electrons. The van der Waals surface area contributed by atoms with Crippen LogP contribution in [0.15, 0.2) is 30.3 Å². The lowest BCUT2D eigenvalue weighted by molar-refractivity contribution is 0.223. The molecule has 2 fully saturated rings. The molecule has 0 spiro atoms. The number of aromatic nitrogens is 2. The number of methoxy groups -OCH3 is 1. The van der Waals surface area contributed by atoms with E-state index in [9.17, 15) is 0 Å². The quantitative estimate of drug-likeness (QED) is 0.709. The first-order chi connectivity index (χ1) is 14.2. The number of hydrogen-bond donors (Lipinski definition) is 2. The maximum absolute atomic E-state index is 6.07. The Balaban J connectivity index is 1.56. The number of benzene rings is 1. The topological polar surface area (TPSA) is 68.3 Å². The van der Waals surface area contributed by atoms with Gasteiger partial charge in [-0.15, -0.1) is 0 Å². The molecule has 0 radical (unpaired) electrons. The molecular formula is C23H32N4O2. The molecule has 6 heteroatoms. The van der Waals surface area contributed by atoms with E-state index in [0.717, 1.165) is 43.6 Å². The van der Waals surface area contributed by atoms with Crippen molar-refractivity contribution in [3.63, 3.8) is 0 Å². The van der Waals surface area contributed by atoms with Crippen molar-refractivity contribution < 1.29 is 9.47 Å². The minimum Gasteiger partial charge on any atom is -0.481 e. The zero-order valence-corrected chi connectivity index (χ0v) is 17.6. The van der Waals surface area contributed by atoms with Gasteiger partial charge in [0.1, 0.15) is 5.82 Å². The molecule has 1 aromatic heterocycles. The summed E-state index contributed by atoms with van der Waals surface area (Å²) in [6.45, 7) is 5.71. The first-order valence-corrected chi connectivity index (χ1v) is 10.8. The van der Waals surface area contributed by atoms with Gasteiger partial charge in [-0.25, -0.2) is 0 Å². The highest BCUT2D eigenvalue weighted by molar-refractivity contribution is 5.37. The van der Waals surface area contributed by atoms with Gasteiger partial charge in [0, 0.05) is 24.5 Å². The highest BCUT2D eigenvalue weighted by Crippen LogP contribution is 2.40. The van der Waals surface area contributed by atoms with Crippen LogP contribution in [0.4, 0.5) is 0 Å². The molecule has 2 N–H and O–H groups in total. The zero-order chi connectivity index (χ0) is 20.2. The molecule has 0 amide bonds. The maximum atomic E-state index is 6.07. The third-order valence-electron chi connectivity index (χ3n) is 5.59. The molecule has 1 aromatic carbocycles. The summed E-state index contributed by atoms with van der Waals surface area (Å²) in [5, 5.41) is 7.41. The molecule has 29 heavy (non-hydrogen) atoms. The molecule has 6 nitrogen and oxygen atoms in total. The summed E-state index contributed by atoms with van der Waals surface area (Å²) in [5.74, 6) is 2.58. The average molecular weight is 397 g/mol. The predicted octanol–water partition coefficient (Wildman–Crippen LogP) is 3.73. The van der Waals surface area contributed by atoms with Crippen LogP contribution in [0, 0.1) is 0 Å². The van der Waals surface area contributed by atoms with Gasteiger partial charge in [0.15, 0.2) is 0 Å². The van der Waals surface area contributed by atoms with Gasteiger partial charge in [-0.1, -0.05) is 30.3 Å². The van der Waals surface area contributed by atoms with Crippen LogP contribution in [0.2, 0.25) is 0 Å². The van der Waals surface area contributed by atoms with Gasteiger partial charge in [0.05, 0.1) is 18.8 Å². The van der Waals surface area contributed by atoms with Crippen LogP contribution < -0.4 is 20.1 Å². The smallest absolute Gasteiger partial charge is 0.225 e. The molecular weight excluding hydrogens is 364 g/mol. The molecule has 1 aliphatic carbocycles. The second kappa shape index (κ2) is 9.09. The molecule has 2 aromatic rings. The van der Waals surface area contributed by atoms with E-state index in [2.05, 4.69) is 41.0 Å². The summed E-state index contributed by atoms with van der Waals surface area (Å²) >= 11 is 0. The number of rotatable bonds is 8. The average Bonchev–Trinajstić information content (AvgIpc) is 3.58. The third kappa shape index (κ3) is 4.87. The second-order valence-corrected chi connectivity index (χ2v) is 8.29. The van der Waals surface area contributed by atoms with Crippen molar-refractivity contribution in [2.75, 3.05) is 13.7 Å². The van der Waals surface area contributed by atoms with E-state index in [4.69, 9.17) is 19.4 Å². The summed E-state index contributed by atoms with van der Waals surface area (Å²) in [6.07, 6.45) is 4.62. The number of nitrogens with one attached hydrogen (secondary N) is 2. The SMILES string of the molecule is COc1nc(C2CC2)nc(OC(C)C)c1CN[C@@H]1CCCN[C@@H]1c1ccccc1. The third-order valence-corrected chi connectivity index (χ3v) is 5.59. The van der Waals surface area contributed by atoms with Gasteiger partial charge in [-0.2, -0.15) is 9.97 Å². The van der Waals surface area contributed by atoms with E-state index in [1.54, 1.807) is 7.11 Å². The Morgan fingerprint density at radius 3 is 2.55 bits per heavy atom. The lowest BCUT2D eigenvalue weighted by Gasteiger charge is -2.34. The monoisotopic (exact) mass is 396 g/mol. The fourth-order valence-electron chi connectivity index (χ4n) is 3.98. The van der Waals surface area contributed by atoms with Gasteiger partial charge in [-0.05, 0) is 51.6 Å². The van der Waals surface area contributed by atoms with Crippen LogP contribution in [-0.2, 0) is 6.54 Å². The Morgan fingerprint density at radius 1 is 1.10 bits per heavy atom. The van der Waals surface area contributed by atoms with Crippen molar-refractivity contribution in [1.82, 2.24) is 20.6 Å². The van der Waals surface area contributed by atoms with E-state index in [-0.39, 0.29) is 12.1 Å². The van der Waals surface area contributed by atoms with Crippen molar-refractivity contribution in [2.24, 2.45) is 0 Å². The summed E-state index contributed by atoms with van der Waals surface area (Å²) < 4.78 is 11.7. The van der Waals surface area contributed by atoms with E-state index in [1.165, 1.54) is 5.56 Å². The first-order valence-electron chi connectivity index (χ1n) is 10.8. The van der Waals surface area contributed by atoms with Crippen LogP contribution in [0.5, 0.6) is 11.8 Å². The molecule has 1 saturated carbocycles. The number of ether oxygens (including phenoxy) is 2. The van der Waals surface area contributed by atoms with Gasteiger partial charge in [0.2, 0.25) is 11.8 Å². The van der Waals surface area contributed by atoms with Crippen LogP contribution in [0.25, 0.3) is 0 Å². The Labute approximate surface area is 173 Å². The second-order valence-electron chi connectivity index (χ2n) is 8.29. The van der Waals surface area contributed by atoms with Crippen molar-refractivity contribution >= 4 is 0 Å². The minimum absolute atomic E-state index is 0.0498. The highest BCUT2D eigenvalue weighted by Gasteiger charge is 2.31. The first kappa shape index (κ1) is 20.1. The van der Waals surface area contributed by atoms with Crippen LogP contribution >= 0.6 is 0 Å². The summed E-state index contributed by atoms with van der Waals surface area (Å²) in [7, 11) is 1.68. The molecule has 0 unspecified atom stereocenters. The van der Waals surface area contributed by atoms with Crippen molar-refractivity contribution in [3.8, 4) is 11.8 Å². The fourth-order valence-corrected chi connectivity index (χ4v) is 3.98. The van der Waals surface area contributed by atoms with Gasteiger partial charge in [-0.3, -0.25) is 0 Å². The number of nitrogens with zero attached hydrogens (tertiary/aromatic N) is 2. The van der Waals surface area contributed by atoms with E-state index >= 15 is 0 Å². The van der Waals surface area contributed by atoms with Crippen molar-refractivity contribution in [2.45, 2.75) is 70.2 Å². The van der Waals surface area contributed by atoms with Gasteiger partial charge < -0.3 is 20.1 Å². The predicted molar refractivity (Wildman–Crippen MR) is 113 cm³/mol. The zero-order valence-electron chi connectivity index (χ0n) is 17.6. The normalized spacial score (nSPS) is 21.9. The molecule has 2 aliphatic rings. The molecule has 2 atom stereocenters. The lowest BCUT2D eigenvalue weighted by atomic mass is 9.92. The maximum Gasteiger partial charge on any atom is 0.225 e. The summed E-state index contributed by atoms with van der Waals surface area (Å²) in [6, 6.07) is 11.3. The van der Waals surface area contributed by atoms with Crippen molar-refractivity contribution in [1.29, 1.82) is 0 Å². The fraction of sp³-hybridized carbons (Fsp3) is 0.565. The Kier molecular flexibility index (Phi) is 6.31. The van der Waals surface area contributed by atoms with Crippen LogP contribution in [0.1, 0.15) is 68.4 Å². The minimum atomic E-state index is 0.0498. The molecule has 1 saturated heterocycles. The Morgan fingerprint density at radius 2 is 1.86 bits per heavy atom. The largest absolute Gasteiger partial charge is 0.481 e. The highest BCUT2D eigenvalue weighted by atomic mass is 16.5. The molecule has 4 rings (SSSR count). The molecule has 1 aliphatic heterocycles. The summed E-state index contributed by atoms with van der Waals surface area (Å²) in [5.41, 5.74) is 2.22. The van der Waals surface area contributed by atoms with Gasteiger partial charge >= 0.3 is 0 Å². The van der Waals surface area contributed by atoms with Gasteiger partial charge in [0.25, 0.3) is 0 Å². The van der Waals surface area contributed by atoms with E-state index < -0.39 is 0 Å².